The summed E-state index contributed by atoms with van der Waals surface area (Å²) in [4.78, 5) is 12.7. The molecule has 1 heterocycles. The molecular formula is C19H20N2O5S. The van der Waals surface area contributed by atoms with E-state index in [1.54, 1.807) is 0 Å². The summed E-state index contributed by atoms with van der Waals surface area (Å²) in [7, 11) is 0. The number of hydrogen-bond donors (Lipinski definition) is 3. The molecule has 1 aliphatic heterocycles. The summed E-state index contributed by atoms with van der Waals surface area (Å²) < 4.78 is 11.2. The Bertz CT molecular complexity index is 821. The molecule has 1 saturated carbocycles. The standard InChI is InChI=1S/C19H20N2O5S/c20-10-13(16(21)27)14(11-4-6-12(22)7-5-11)15-17(23)25-19(26-18(15)24)8-2-1-3-9-19/h4-7,13-14,22-23H,1-3,8-9H2,(H2,21,27). The van der Waals surface area contributed by atoms with Gasteiger partial charge in [-0.2, -0.15) is 5.26 Å². The van der Waals surface area contributed by atoms with Gasteiger partial charge in [0.1, 0.15) is 17.2 Å². The highest BCUT2D eigenvalue weighted by Crippen LogP contribution is 2.43. The summed E-state index contributed by atoms with van der Waals surface area (Å²) in [5.74, 6) is -4.52. The topological polar surface area (TPSA) is 126 Å². The lowest BCUT2D eigenvalue weighted by molar-refractivity contribution is -0.250. The molecule has 27 heavy (non-hydrogen) atoms. The van der Waals surface area contributed by atoms with E-state index in [0.29, 0.717) is 18.4 Å². The van der Waals surface area contributed by atoms with Gasteiger partial charge in [-0.05, 0) is 30.5 Å². The molecule has 0 bridgehead atoms. The number of carbonyl (C=O) groups is 1. The molecule has 7 nitrogen and oxygen atoms in total. The molecule has 2 atom stereocenters. The minimum atomic E-state index is -1.16. The Balaban J connectivity index is 2.07. The Hall–Kier alpha value is -2.79. The molecule has 2 aliphatic rings. The van der Waals surface area contributed by atoms with Crippen molar-refractivity contribution in [2.75, 3.05) is 0 Å². The molecule has 0 saturated heterocycles. The lowest BCUT2D eigenvalue weighted by Gasteiger charge is -2.40. The van der Waals surface area contributed by atoms with Crippen LogP contribution in [0.1, 0.15) is 43.6 Å². The van der Waals surface area contributed by atoms with Crippen LogP contribution in [0, 0.1) is 17.2 Å². The zero-order valence-electron chi connectivity index (χ0n) is 14.6. The van der Waals surface area contributed by atoms with Crippen molar-refractivity contribution in [3.05, 3.63) is 41.3 Å². The maximum absolute atomic E-state index is 12.8. The summed E-state index contributed by atoms with van der Waals surface area (Å²) in [5.41, 5.74) is 5.98. The molecule has 3 rings (SSSR count). The minimum absolute atomic E-state index is 0.0168. The molecule has 0 aromatic heterocycles. The van der Waals surface area contributed by atoms with Gasteiger partial charge in [-0.15, -0.1) is 0 Å². The van der Waals surface area contributed by atoms with Gasteiger partial charge in [-0.1, -0.05) is 30.8 Å². The second-order valence-corrected chi connectivity index (χ2v) is 7.23. The molecule has 2 unspecified atom stereocenters. The van der Waals surface area contributed by atoms with Crippen molar-refractivity contribution >= 4 is 23.2 Å². The van der Waals surface area contributed by atoms with Crippen molar-refractivity contribution in [2.45, 2.75) is 43.8 Å². The quantitative estimate of drug-likeness (QED) is 0.531. The van der Waals surface area contributed by atoms with Crippen LogP contribution in [0.3, 0.4) is 0 Å². The lowest BCUT2D eigenvalue weighted by atomic mass is 9.80. The summed E-state index contributed by atoms with van der Waals surface area (Å²) in [6.07, 6.45) is 3.65. The fraction of sp³-hybridized carbons (Fsp3) is 0.421. The number of aliphatic hydroxyl groups is 1. The molecule has 0 radical (unpaired) electrons. The highest BCUT2D eigenvalue weighted by Gasteiger charge is 2.48. The number of phenolic OH excluding ortho intramolecular Hbond substituents is 1. The van der Waals surface area contributed by atoms with E-state index in [-0.39, 0.29) is 16.3 Å². The highest BCUT2D eigenvalue weighted by atomic mass is 32.1. The molecule has 4 N–H and O–H groups in total. The van der Waals surface area contributed by atoms with Crippen LogP contribution in [0.25, 0.3) is 0 Å². The van der Waals surface area contributed by atoms with Gasteiger partial charge in [-0.25, -0.2) is 4.79 Å². The number of hydrogen-bond acceptors (Lipinski definition) is 7. The Morgan fingerprint density at radius 2 is 1.81 bits per heavy atom. The number of nitrogens with zero attached hydrogens (tertiary/aromatic N) is 1. The number of nitrogens with two attached hydrogens (primary N) is 1. The number of aliphatic hydroxyl groups excluding tert-OH is 1. The fourth-order valence-corrected chi connectivity index (χ4v) is 3.82. The Kier molecular flexibility index (Phi) is 5.24. The average molecular weight is 388 g/mol. The molecular weight excluding hydrogens is 368 g/mol. The summed E-state index contributed by atoms with van der Waals surface area (Å²) in [6.45, 7) is 0. The number of nitriles is 1. The van der Waals surface area contributed by atoms with E-state index in [4.69, 9.17) is 27.4 Å². The van der Waals surface area contributed by atoms with E-state index < -0.39 is 29.5 Å². The molecule has 142 valence electrons. The van der Waals surface area contributed by atoms with Crippen molar-refractivity contribution in [3.8, 4) is 11.8 Å². The third-order valence-electron chi connectivity index (χ3n) is 4.97. The van der Waals surface area contributed by atoms with Crippen LogP contribution in [0.5, 0.6) is 5.75 Å². The molecule has 1 aromatic carbocycles. The second kappa shape index (κ2) is 7.45. The van der Waals surface area contributed by atoms with Crippen molar-refractivity contribution in [1.29, 1.82) is 5.26 Å². The first-order chi connectivity index (χ1) is 12.9. The van der Waals surface area contributed by atoms with E-state index in [1.807, 2.05) is 6.07 Å². The van der Waals surface area contributed by atoms with Crippen molar-refractivity contribution in [1.82, 2.24) is 0 Å². The van der Waals surface area contributed by atoms with Crippen LogP contribution in [0.15, 0.2) is 35.8 Å². The third-order valence-corrected chi connectivity index (χ3v) is 5.22. The highest BCUT2D eigenvalue weighted by molar-refractivity contribution is 7.80. The maximum atomic E-state index is 12.8. The molecule has 8 heteroatoms. The molecule has 1 aliphatic carbocycles. The zero-order chi connectivity index (χ0) is 19.6. The summed E-state index contributed by atoms with van der Waals surface area (Å²) >= 11 is 4.99. The third kappa shape index (κ3) is 3.69. The van der Waals surface area contributed by atoms with Crippen molar-refractivity contribution < 1.29 is 24.5 Å². The Labute approximate surface area is 162 Å². The molecule has 1 fully saturated rings. The van der Waals surface area contributed by atoms with Crippen molar-refractivity contribution in [3.63, 3.8) is 0 Å². The number of esters is 1. The molecule has 1 aromatic rings. The van der Waals surface area contributed by atoms with E-state index in [9.17, 15) is 20.3 Å². The van der Waals surface area contributed by atoms with Gasteiger partial charge in [0.05, 0.1) is 11.1 Å². The van der Waals surface area contributed by atoms with Crippen LogP contribution in [0.2, 0.25) is 0 Å². The fourth-order valence-electron chi connectivity index (χ4n) is 3.63. The SMILES string of the molecule is N#CC(C(N)=S)C(C1=C(O)OC2(CCCCC2)OC1=O)c1ccc(O)cc1. The molecule has 0 amide bonds. The first kappa shape index (κ1) is 19.0. The van der Waals surface area contributed by atoms with Gasteiger partial charge in [-0.3, -0.25) is 0 Å². The van der Waals surface area contributed by atoms with Gasteiger partial charge in [0, 0.05) is 18.8 Å². The van der Waals surface area contributed by atoms with Crippen LogP contribution in [-0.4, -0.2) is 27.0 Å². The minimum Gasteiger partial charge on any atom is -0.508 e. The average Bonchev–Trinajstić information content (AvgIpc) is 2.61. The van der Waals surface area contributed by atoms with Crippen LogP contribution in [0.4, 0.5) is 0 Å². The normalized spacial score (nSPS) is 20.9. The summed E-state index contributed by atoms with van der Waals surface area (Å²) in [6, 6.07) is 7.86. The van der Waals surface area contributed by atoms with Crippen molar-refractivity contribution in [2.24, 2.45) is 11.7 Å². The second-order valence-electron chi connectivity index (χ2n) is 6.76. The smallest absolute Gasteiger partial charge is 0.345 e. The number of aromatic hydroxyl groups is 1. The number of phenols is 1. The Morgan fingerprint density at radius 1 is 1.19 bits per heavy atom. The van der Waals surface area contributed by atoms with Crippen LogP contribution < -0.4 is 5.73 Å². The number of thiocarbonyl (C=S) groups is 1. The predicted octanol–water partition coefficient (Wildman–Crippen LogP) is 2.91. The van der Waals surface area contributed by atoms with Gasteiger partial charge in [0.25, 0.3) is 11.7 Å². The van der Waals surface area contributed by atoms with Gasteiger partial charge < -0.3 is 25.4 Å². The monoisotopic (exact) mass is 388 g/mol. The number of benzene rings is 1. The number of carbonyl (C=O) groups excluding carboxylic acids is 1. The molecule has 1 spiro atoms. The maximum Gasteiger partial charge on any atom is 0.345 e. The zero-order valence-corrected chi connectivity index (χ0v) is 15.4. The van der Waals surface area contributed by atoms with Gasteiger partial charge >= 0.3 is 5.97 Å². The number of ether oxygens (including phenoxy) is 2. The van der Waals surface area contributed by atoms with E-state index in [2.05, 4.69) is 0 Å². The largest absolute Gasteiger partial charge is 0.508 e. The van der Waals surface area contributed by atoms with Crippen LogP contribution >= 0.6 is 12.2 Å². The summed E-state index contributed by atoms with van der Waals surface area (Å²) in [5, 5.41) is 29.7. The predicted molar refractivity (Wildman–Crippen MR) is 99.4 cm³/mol. The lowest BCUT2D eigenvalue weighted by Crippen LogP contribution is -2.45. The first-order valence-corrected chi connectivity index (χ1v) is 9.11. The number of rotatable bonds is 4. The van der Waals surface area contributed by atoms with Crippen LogP contribution in [-0.2, 0) is 14.3 Å². The van der Waals surface area contributed by atoms with E-state index >= 15 is 0 Å². The van der Waals surface area contributed by atoms with Gasteiger partial charge in [0.15, 0.2) is 0 Å². The van der Waals surface area contributed by atoms with Gasteiger partial charge in [0.2, 0.25) is 0 Å². The first-order valence-electron chi connectivity index (χ1n) is 8.70. The Morgan fingerprint density at radius 3 is 2.33 bits per heavy atom. The van der Waals surface area contributed by atoms with E-state index in [0.717, 1.165) is 19.3 Å². The van der Waals surface area contributed by atoms with E-state index in [1.165, 1.54) is 24.3 Å².